The van der Waals surface area contributed by atoms with Gasteiger partial charge < -0.3 is 20.2 Å². The van der Waals surface area contributed by atoms with E-state index in [1.807, 2.05) is 4.90 Å². The van der Waals surface area contributed by atoms with Crippen molar-refractivity contribution in [3.63, 3.8) is 0 Å². The van der Waals surface area contributed by atoms with Crippen molar-refractivity contribution < 1.29 is 9.90 Å². The Morgan fingerprint density at radius 3 is 2.76 bits per heavy atom. The van der Waals surface area contributed by atoms with Crippen LogP contribution in [0.15, 0.2) is 30.3 Å². The lowest BCUT2D eigenvalue weighted by molar-refractivity contribution is 0.129. The highest BCUT2D eigenvalue weighted by molar-refractivity contribution is 5.74. The van der Waals surface area contributed by atoms with E-state index in [2.05, 4.69) is 40.5 Å². The van der Waals surface area contributed by atoms with E-state index >= 15 is 0 Å². The van der Waals surface area contributed by atoms with Gasteiger partial charge in [0.25, 0.3) is 0 Å². The molecule has 0 aromatic heterocycles. The molecule has 5 nitrogen and oxygen atoms in total. The fraction of sp³-hybridized carbons (Fsp3) is 0.650. The Morgan fingerprint density at radius 2 is 1.96 bits per heavy atom. The number of benzene rings is 1. The van der Waals surface area contributed by atoms with Crippen LogP contribution in [0.5, 0.6) is 0 Å². The maximum absolute atomic E-state index is 12.3. The summed E-state index contributed by atoms with van der Waals surface area (Å²) >= 11 is 0. The van der Waals surface area contributed by atoms with Gasteiger partial charge in [0.2, 0.25) is 0 Å². The molecule has 0 bridgehead atoms. The molecule has 0 radical (unpaired) electrons. The minimum absolute atomic E-state index is 0.0425. The van der Waals surface area contributed by atoms with Crippen molar-refractivity contribution in [1.82, 2.24) is 15.1 Å². The van der Waals surface area contributed by atoms with E-state index < -0.39 is 0 Å². The number of nitrogens with zero attached hydrogens (tertiary/aromatic N) is 2. The molecule has 1 aromatic rings. The smallest absolute Gasteiger partial charge is 0.317 e. The van der Waals surface area contributed by atoms with Gasteiger partial charge >= 0.3 is 6.03 Å². The first kappa shape index (κ1) is 18.2. The fourth-order valence-electron chi connectivity index (χ4n) is 3.96. The van der Waals surface area contributed by atoms with Crippen LogP contribution in [-0.4, -0.2) is 66.8 Å². The Kier molecular flexibility index (Phi) is 6.70. The summed E-state index contributed by atoms with van der Waals surface area (Å²) in [6.45, 7) is 5.75. The Hall–Kier alpha value is -1.59. The van der Waals surface area contributed by atoms with Crippen LogP contribution in [0.3, 0.4) is 0 Å². The van der Waals surface area contributed by atoms with Crippen molar-refractivity contribution in [2.45, 2.75) is 25.7 Å². The van der Waals surface area contributed by atoms with Gasteiger partial charge in [-0.15, -0.1) is 0 Å². The van der Waals surface area contributed by atoms with E-state index in [1.165, 1.54) is 5.56 Å². The number of carbonyl (C=O) groups excluding carboxylic acids is 1. The van der Waals surface area contributed by atoms with Gasteiger partial charge in [-0.3, -0.25) is 0 Å². The number of amides is 2. The summed E-state index contributed by atoms with van der Waals surface area (Å²) in [5.41, 5.74) is 1.39. The number of nitrogens with one attached hydrogen (secondary N) is 1. The lowest BCUT2D eigenvalue weighted by atomic mass is 9.99. The minimum atomic E-state index is 0.0425. The largest absolute Gasteiger partial charge is 0.396 e. The van der Waals surface area contributed by atoms with Crippen molar-refractivity contribution in [3.05, 3.63) is 35.9 Å². The zero-order valence-corrected chi connectivity index (χ0v) is 15.1. The van der Waals surface area contributed by atoms with Crippen LogP contribution in [0.4, 0.5) is 4.79 Å². The maximum atomic E-state index is 12.3. The van der Waals surface area contributed by atoms with E-state index in [-0.39, 0.29) is 18.6 Å². The number of piperidine rings is 1. The lowest BCUT2D eigenvalue weighted by Gasteiger charge is -2.32. The van der Waals surface area contributed by atoms with Crippen LogP contribution >= 0.6 is 0 Å². The molecule has 2 aliphatic heterocycles. The van der Waals surface area contributed by atoms with E-state index in [1.54, 1.807) is 0 Å². The molecule has 1 aromatic carbocycles. The fourth-order valence-corrected chi connectivity index (χ4v) is 3.96. The first-order valence-electron chi connectivity index (χ1n) is 9.64. The van der Waals surface area contributed by atoms with Crippen molar-refractivity contribution in [1.29, 1.82) is 0 Å². The summed E-state index contributed by atoms with van der Waals surface area (Å²) in [6.07, 6.45) is 4.28. The molecule has 138 valence electrons. The van der Waals surface area contributed by atoms with Gasteiger partial charge in [-0.1, -0.05) is 30.3 Å². The number of hydrogen-bond acceptors (Lipinski definition) is 3. The molecular formula is C20H31N3O2. The van der Waals surface area contributed by atoms with Crippen molar-refractivity contribution in [2.24, 2.45) is 11.8 Å². The number of likely N-dealkylation sites (tertiary alicyclic amines) is 2. The summed E-state index contributed by atoms with van der Waals surface area (Å²) < 4.78 is 0. The molecule has 2 fully saturated rings. The predicted molar refractivity (Wildman–Crippen MR) is 99.5 cm³/mol. The average molecular weight is 345 g/mol. The first-order valence-corrected chi connectivity index (χ1v) is 9.64. The molecule has 2 N–H and O–H groups in total. The van der Waals surface area contributed by atoms with Gasteiger partial charge in [0, 0.05) is 39.3 Å². The monoisotopic (exact) mass is 345 g/mol. The highest BCUT2D eigenvalue weighted by Gasteiger charge is 2.26. The third-order valence-electron chi connectivity index (χ3n) is 5.54. The molecule has 2 atom stereocenters. The van der Waals surface area contributed by atoms with Crippen LogP contribution in [0.1, 0.15) is 24.8 Å². The molecule has 0 saturated carbocycles. The summed E-state index contributed by atoms with van der Waals surface area (Å²) in [6, 6.07) is 10.7. The molecular weight excluding hydrogens is 314 g/mol. The molecule has 2 amide bonds. The Morgan fingerprint density at radius 1 is 1.12 bits per heavy atom. The van der Waals surface area contributed by atoms with Crippen LogP contribution in [0.2, 0.25) is 0 Å². The Labute approximate surface area is 151 Å². The molecule has 25 heavy (non-hydrogen) atoms. The van der Waals surface area contributed by atoms with Crippen molar-refractivity contribution >= 4 is 6.03 Å². The number of hydrogen-bond donors (Lipinski definition) is 2. The molecule has 3 rings (SSSR count). The molecule has 2 saturated heterocycles. The molecule has 2 aliphatic rings. The van der Waals surface area contributed by atoms with E-state index in [0.29, 0.717) is 12.5 Å². The zero-order chi connectivity index (χ0) is 17.5. The Balaban J connectivity index is 1.35. The highest BCUT2D eigenvalue weighted by atomic mass is 16.3. The molecule has 0 aliphatic carbocycles. The predicted octanol–water partition coefficient (Wildman–Crippen LogP) is 1.96. The topological polar surface area (TPSA) is 55.8 Å². The highest BCUT2D eigenvalue weighted by Crippen LogP contribution is 2.18. The number of aliphatic hydroxyl groups is 1. The normalized spacial score (nSPS) is 24.4. The zero-order valence-electron chi connectivity index (χ0n) is 15.1. The van der Waals surface area contributed by atoms with Crippen LogP contribution in [-0.2, 0) is 6.42 Å². The van der Waals surface area contributed by atoms with Gasteiger partial charge in [0.1, 0.15) is 0 Å². The minimum Gasteiger partial charge on any atom is -0.396 e. The third kappa shape index (κ3) is 5.44. The Bertz CT molecular complexity index is 537. The lowest BCUT2D eigenvalue weighted by Crippen LogP contribution is -2.47. The summed E-state index contributed by atoms with van der Waals surface area (Å²) in [5, 5.41) is 12.4. The van der Waals surface area contributed by atoms with E-state index in [9.17, 15) is 9.90 Å². The summed E-state index contributed by atoms with van der Waals surface area (Å²) in [5.74, 6) is 0.803. The number of rotatable bonds is 6. The second-order valence-electron chi connectivity index (χ2n) is 7.51. The number of carbonyl (C=O) groups is 1. The average Bonchev–Trinajstić information content (AvgIpc) is 3.13. The van der Waals surface area contributed by atoms with Crippen molar-refractivity contribution in [2.75, 3.05) is 45.9 Å². The SMILES string of the molecule is O=C(NCC1CCN(CCc2ccccc2)C1)N1CCCC(CO)C1. The number of urea groups is 1. The molecule has 2 heterocycles. The van der Waals surface area contributed by atoms with Gasteiger partial charge in [0.05, 0.1) is 0 Å². The van der Waals surface area contributed by atoms with Gasteiger partial charge in [-0.25, -0.2) is 4.79 Å². The maximum Gasteiger partial charge on any atom is 0.317 e. The van der Waals surface area contributed by atoms with E-state index in [4.69, 9.17) is 0 Å². The molecule has 0 spiro atoms. The molecule has 2 unspecified atom stereocenters. The van der Waals surface area contributed by atoms with Gasteiger partial charge in [-0.2, -0.15) is 0 Å². The second kappa shape index (κ2) is 9.20. The van der Waals surface area contributed by atoms with Crippen LogP contribution in [0.25, 0.3) is 0 Å². The quantitative estimate of drug-likeness (QED) is 0.829. The van der Waals surface area contributed by atoms with Crippen LogP contribution in [0, 0.1) is 11.8 Å². The first-order chi connectivity index (χ1) is 12.2. The van der Waals surface area contributed by atoms with Gasteiger partial charge in [0.15, 0.2) is 0 Å². The number of aliphatic hydroxyl groups excluding tert-OH is 1. The van der Waals surface area contributed by atoms with Crippen LogP contribution < -0.4 is 5.32 Å². The molecule has 5 heteroatoms. The second-order valence-corrected chi connectivity index (χ2v) is 7.51. The summed E-state index contributed by atoms with van der Waals surface area (Å²) in [4.78, 5) is 16.7. The third-order valence-corrected chi connectivity index (χ3v) is 5.54. The van der Waals surface area contributed by atoms with E-state index in [0.717, 1.165) is 58.4 Å². The van der Waals surface area contributed by atoms with Crippen molar-refractivity contribution in [3.8, 4) is 0 Å². The summed E-state index contributed by atoms with van der Waals surface area (Å²) in [7, 11) is 0. The standard InChI is InChI=1S/C20H31N3O2/c24-16-19-7-4-10-23(15-19)20(25)21-13-18-9-12-22(14-18)11-8-17-5-2-1-3-6-17/h1-3,5-6,18-19,24H,4,7-16H2,(H,21,25). The van der Waals surface area contributed by atoms with Gasteiger partial charge in [-0.05, 0) is 49.6 Å².